The lowest BCUT2D eigenvalue weighted by atomic mass is 10.2. The number of quaternary nitrogens is 1. The molecule has 0 spiro atoms. The average molecular weight is 263 g/mol. The Bertz CT molecular complexity index is 306. The average Bonchev–Trinajstić information content (AvgIpc) is 2.43. The van der Waals surface area contributed by atoms with Crippen LogP contribution in [0.25, 0.3) is 0 Å². The van der Waals surface area contributed by atoms with Gasteiger partial charge in [-0.1, -0.05) is 26.7 Å². The summed E-state index contributed by atoms with van der Waals surface area (Å²) >= 11 is 0. The Kier molecular flexibility index (Phi) is 5.89. The van der Waals surface area contributed by atoms with Gasteiger partial charge in [-0.15, -0.1) is 0 Å². The largest absolute Gasteiger partial charge is 0.310 e. The molecule has 0 bridgehead atoms. The second-order valence-electron chi connectivity index (χ2n) is 5.21. The van der Waals surface area contributed by atoms with Crippen molar-refractivity contribution >= 4 is 10.0 Å². The molecular formula is C12H27N2O2S+. The van der Waals surface area contributed by atoms with Crippen molar-refractivity contribution in [1.82, 2.24) is 4.72 Å². The molecule has 1 N–H and O–H groups in total. The molecule has 0 aliphatic carbocycles. The zero-order valence-electron chi connectivity index (χ0n) is 11.2. The minimum Gasteiger partial charge on any atom is -0.310 e. The quantitative estimate of drug-likeness (QED) is 0.741. The van der Waals surface area contributed by atoms with Crippen LogP contribution in [0.5, 0.6) is 0 Å². The van der Waals surface area contributed by atoms with E-state index in [1.807, 2.05) is 0 Å². The van der Waals surface area contributed by atoms with Gasteiger partial charge < -0.3 is 4.48 Å². The third-order valence-corrected chi connectivity index (χ3v) is 5.08. The van der Waals surface area contributed by atoms with Crippen LogP contribution in [-0.4, -0.2) is 45.0 Å². The van der Waals surface area contributed by atoms with Crippen LogP contribution in [-0.2, 0) is 10.0 Å². The fraction of sp³-hybridized carbons (Fsp3) is 1.00. The number of nitrogens with one attached hydrogen (secondary N) is 1. The van der Waals surface area contributed by atoms with Gasteiger partial charge in [-0.3, -0.25) is 0 Å². The van der Waals surface area contributed by atoms with Gasteiger partial charge in [0.2, 0.25) is 0 Å². The van der Waals surface area contributed by atoms with Crippen molar-refractivity contribution in [3.63, 3.8) is 0 Å². The van der Waals surface area contributed by atoms with E-state index >= 15 is 0 Å². The highest BCUT2D eigenvalue weighted by Gasteiger charge is 2.34. The Morgan fingerprint density at radius 1 is 1.12 bits per heavy atom. The summed E-state index contributed by atoms with van der Waals surface area (Å²) in [5, 5.41) is 0. The molecule has 102 valence electrons. The topological polar surface area (TPSA) is 46.2 Å². The summed E-state index contributed by atoms with van der Waals surface area (Å²) in [6, 6.07) is 0. The Hall–Kier alpha value is -0.130. The fourth-order valence-electron chi connectivity index (χ4n) is 2.56. The first-order valence-electron chi connectivity index (χ1n) is 6.86. The van der Waals surface area contributed by atoms with Gasteiger partial charge in [0.05, 0.1) is 19.6 Å². The molecule has 0 saturated carbocycles. The molecule has 4 nitrogen and oxygen atoms in total. The third kappa shape index (κ3) is 4.94. The normalized spacial score (nSPS) is 23.2. The van der Waals surface area contributed by atoms with Crippen molar-refractivity contribution in [2.75, 3.05) is 32.1 Å². The highest BCUT2D eigenvalue weighted by atomic mass is 32.2. The first-order valence-corrected chi connectivity index (χ1v) is 8.51. The standard InChI is InChI=1S/C12H27N2O2S/c1-3-5-9-14(10-6-4-2)11-7-8-13-17(15,16)12-14/h13H,3-12H2,1-2H3/q+1. The van der Waals surface area contributed by atoms with E-state index in [1.54, 1.807) is 0 Å². The Labute approximate surface area is 106 Å². The minimum atomic E-state index is -3.07. The van der Waals surface area contributed by atoms with Gasteiger partial charge in [-0.25, -0.2) is 13.1 Å². The van der Waals surface area contributed by atoms with Gasteiger partial charge in [0.25, 0.3) is 10.0 Å². The Morgan fingerprint density at radius 3 is 2.24 bits per heavy atom. The van der Waals surface area contributed by atoms with Crippen LogP contribution >= 0.6 is 0 Å². The molecule has 1 aliphatic rings. The van der Waals surface area contributed by atoms with Crippen LogP contribution < -0.4 is 4.72 Å². The van der Waals surface area contributed by atoms with Crippen molar-refractivity contribution < 1.29 is 12.9 Å². The molecule has 1 fully saturated rings. The third-order valence-electron chi connectivity index (χ3n) is 3.55. The van der Waals surface area contributed by atoms with Gasteiger partial charge >= 0.3 is 0 Å². The second-order valence-corrected chi connectivity index (χ2v) is 6.99. The molecular weight excluding hydrogens is 236 g/mol. The summed E-state index contributed by atoms with van der Waals surface area (Å²) in [5.41, 5.74) is 0. The van der Waals surface area contributed by atoms with Gasteiger partial charge in [-0.2, -0.15) is 0 Å². The van der Waals surface area contributed by atoms with Gasteiger partial charge in [0.15, 0.2) is 5.88 Å². The van der Waals surface area contributed by atoms with E-state index in [4.69, 9.17) is 0 Å². The number of unbranched alkanes of at least 4 members (excludes halogenated alkanes) is 2. The molecule has 1 aliphatic heterocycles. The van der Waals surface area contributed by atoms with E-state index in [0.717, 1.165) is 56.2 Å². The molecule has 0 radical (unpaired) electrons. The Morgan fingerprint density at radius 2 is 1.71 bits per heavy atom. The summed E-state index contributed by atoms with van der Waals surface area (Å²) in [4.78, 5) is 0. The summed E-state index contributed by atoms with van der Waals surface area (Å²) in [6.07, 6.45) is 5.49. The molecule has 5 heteroatoms. The maximum atomic E-state index is 11.9. The van der Waals surface area contributed by atoms with Crippen LogP contribution in [0.2, 0.25) is 0 Å². The van der Waals surface area contributed by atoms with Crippen LogP contribution in [0.1, 0.15) is 46.0 Å². The zero-order valence-corrected chi connectivity index (χ0v) is 12.1. The summed E-state index contributed by atoms with van der Waals surface area (Å²) in [6.45, 7) is 7.98. The van der Waals surface area contributed by atoms with Crippen molar-refractivity contribution in [2.45, 2.75) is 46.0 Å². The number of hydrogen-bond acceptors (Lipinski definition) is 2. The van der Waals surface area contributed by atoms with Crippen LogP contribution in [0.3, 0.4) is 0 Å². The molecule has 1 heterocycles. The summed E-state index contributed by atoms with van der Waals surface area (Å²) < 4.78 is 27.2. The van der Waals surface area contributed by atoms with Crippen LogP contribution in [0.4, 0.5) is 0 Å². The van der Waals surface area contributed by atoms with Crippen molar-refractivity contribution in [2.24, 2.45) is 0 Å². The summed E-state index contributed by atoms with van der Waals surface area (Å²) in [7, 11) is -3.07. The van der Waals surface area contributed by atoms with Crippen LogP contribution in [0, 0.1) is 0 Å². The predicted octanol–water partition coefficient (Wildman–Crippen LogP) is 1.68. The predicted molar refractivity (Wildman–Crippen MR) is 71.1 cm³/mol. The number of hydrogen-bond donors (Lipinski definition) is 1. The molecule has 17 heavy (non-hydrogen) atoms. The highest BCUT2D eigenvalue weighted by molar-refractivity contribution is 7.89. The molecule has 0 amide bonds. The first-order chi connectivity index (χ1) is 8.04. The molecule has 0 atom stereocenters. The lowest BCUT2D eigenvalue weighted by Gasteiger charge is -2.37. The summed E-state index contributed by atoms with van der Waals surface area (Å²) in [5.74, 6) is 0.285. The molecule has 1 saturated heterocycles. The lowest BCUT2D eigenvalue weighted by Crippen LogP contribution is -2.52. The van der Waals surface area contributed by atoms with E-state index in [9.17, 15) is 8.42 Å². The van der Waals surface area contributed by atoms with Crippen molar-refractivity contribution in [3.05, 3.63) is 0 Å². The van der Waals surface area contributed by atoms with E-state index < -0.39 is 10.0 Å². The second kappa shape index (κ2) is 6.71. The first kappa shape index (κ1) is 14.9. The van der Waals surface area contributed by atoms with Gasteiger partial charge in [0, 0.05) is 13.0 Å². The smallest absolute Gasteiger partial charge is 0.262 e. The number of nitrogens with zero attached hydrogens (tertiary/aromatic N) is 1. The highest BCUT2D eigenvalue weighted by Crippen LogP contribution is 2.17. The number of rotatable bonds is 6. The SMILES string of the molecule is CCCC[N+]1(CCCC)CCCNS(=O)(=O)C1. The van der Waals surface area contributed by atoms with Gasteiger partial charge in [0.1, 0.15) is 0 Å². The maximum absolute atomic E-state index is 11.9. The molecule has 1 rings (SSSR count). The van der Waals surface area contributed by atoms with E-state index in [0.29, 0.717) is 6.54 Å². The fourth-order valence-corrected chi connectivity index (χ4v) is 4.22. The maximum Gasteiger partial charge on any atom is 0.262 e. The van der Waals surface area contributed by atoms with E-state index in [1.165, 1.54) is 0 Å². The monoisotopic (exact) mass is 263 g/mol. The lowest BCUT2D eigenvalue weighted by molar-refractivity contribution is -0.917. The van der Waals surface area contributed by atoms with Crippen molar-refractivity contribution in [1.29, 1.82) is 0 Å². The van der Waals surface area contributed by atoms with E-state index in [-0.39, 0.29) is 5.88 Å². The number of sulfonamides is 1. The van der Waals surface area contributed by atoms with E-state index in [2.05, 4.69) is 18.6 Å². The Balaban J connectivity index is 2.77. The van der Waals surface area contributed by atoms with Gasteiger partial charge in [-0.05, 0) is 12.8 Å². The van der Waals surface area contributed by atoms with Crippen molar-refractivity contribution in [3.8, 4) is 0 Å². The molecule has 0 aromatic carbocycles. The zero-order chi connectivity index (χ0) is 12.8. The molecule has 0 unspecified atom stereocenters. The molecule has 0 aromatic rings. The molecule has 0 aromatic heterocycles. The van der Waals surface area contributed by atoms with Crippen LogP contribution in [0.15, 0.2) is 0 Å². The minimum absolute atomic E-state index is 0.285.